The van der Waals surface area contributed by atoms with Crippen LogP contribution in [-0.2, 0) is 0 Å². The first-order chi connectivity index (χ1) is 10.3. The van der Waals surface area contributed by atoms with Gasteiger partial charge in [0.05, 0.1) is 0 Å². The van der Waals surface area contributed by atoms with Crippen LogP contribution in [0.5, 0.6) is 0 Å². The van der Waals surface area contributed by atoms with E-state index in [1.54, 1.807) is 0 Å². The molecule has 2 aromatic rings. The maximum Gasteiger partial charge on any atom is 0.138 e. The van der Waals surface area contributed by atoms with Crippen molar-refractivity contribution in [3.05, 3.63) is 42.2 Å². The summed E-state index contributed by atoms with van der Waals surface area (Å²) in [5.74, 6) is 2.90. The molecule has 0 bridgehead atoms. The number of unbranched alkanes of at least 4 members (excludes halogenated alkanes) is 1. The first-order valence-corrected chi connectivity index (χ1v) is 7.75. The van der Waals surface area contributed by atoms with Gasteiger partial charge in [-0.3, -0.25) is 0 Å². The minimum Gasteiger partial charge on any atom is -0.384 e. The maximum atomic E-state index is 5.99. The lowest BCUT2D eigenvalue weighted by Gasteiger charge is -2.24. The number of hydrogen-bond acceptors (Lipinski definition) is 4. The van der Waals surface area contributed by atoms with Crippen molar-refractivity contribution in [2.24, 2.45) is 0 Å². The van der Waals surface area contributed by atoms with E-state index in [-0.39, 0.29) is 0 Å². The molecule has 1 heterocycles. The Morgan fingerprint density at radius 2 is 1.95 bits per heavy atom. The summed E-state index contributed by atoms with van der Waals surface area (Å²) >= 11 is 0. The van der Waals surface area contributed by atoms with Crippen LogP contribution in [0.1, 0.15) is 44.3 Å². The molecule has 1 aliphatic carbocycles. The van der Waals surface area contributed by atoms with Crippen LogP contribution in [0.25, 0.3) is 0 Å². The van der Waals surface area contributed by atoms with E-state index in [2.05, 4.69) is 41.1 Å². The fourth-order valence-corrected chi connectivity index (χ4v) is 2.43. The zero-order valence-corrected chi connectivity index (χ0v) is 12.5. The van der Waals surface area contributed by atoms with Gasteiger partial charge in [-0.2, -0.15) is 0 Å². The van der Waals surface area contributed by atoms with Crippen LogP contribution in [0.2, 0.25) is 0 Å². The van der Waals surface area contributed by atoms with Crippen molar-refractivity contribution in [1.82, 2.24) is 9.97 Å². The molecule has 4 nitrogen and oxygen atoms in total. The van der Waals surface area contributed by atoms with Gasteiger partial charge < -0.3 is 10.6 Å². The molecule has 1 aromatic heterocycles. The van der Waals surface area contributed by atoms with Gasteiger partial charge in [0.2, 0.25) is 0 Å². The van der Waals surface area contributed by atoms with Crippen LogP contribution in [-0.4, -0.2) is 16.5 Å². The third-order valence-electron chi connectivity index (χ3n) is 3.77. The van der Waals surface area contributed by atoms with Crippen molar-refractivity contribution in [3.63, 3.8) is 0 Å². The summed E-state index contributed by atoms with van der Waals surface area (Å²) in [6, 6.07) is 12.3. The van der Waals surface area contributed by atoms with Crippen LogP contribution in [0.3, 0.4) is 0 Å². The molecule has 0 saturated heterocycles. The second kappa shape index (κ2) is 6.12. The van der Waals surface area contributed by atoms with Gasteiger partial charge in [-0.25, -0.2) is 9.97 Å². The fourth-order valence-electron chi connectivity index (χ4n) is 2.43. The lowest BCUT2D eigenvalue weighted by Crippen LogP contribution is -2.20. The Morgan fingerprint density at radius 1 is 1.19 bits per heavy atom. The Hall–Kier alpha value is -2.10. The molecule has 0 amide bonds. The van der Waals surface area contributed by atoms with Crippen molar-refractivity contribution in [2.45, 2.75) is 38.5 Å². The quantitative estimate of drug-likeness (QED) is 0.873. The van der Waals surface area contributed by atoms with Crippen molar-refractivity contribution >= 4 is 17.3 Å². The molecule has 1 saturated carbocycles. The molecule has 0 unspecified atom stereocenters. The molecular weight excluding hydrogens is 260 g/mol. The summed E-state index contributed by atoms with van der Waals surface area (Å²) in [4.78, 5) is 11.4. The summed E-state index contributed by atoms with van der Waals surface area (Å²) in [7, 11) is 0. The average molecular weight is 282 g/mol. The summed E-state index contributed by atoms with van der Waals surface area (Å²) in [5, 5.41) is 0. The highest BCUT2D eigenvalue weighted by Crippen LogP contribution is 2.39. The second-order valence-electron chi connectivity index (χ2n) is 5.62. The molecule has 3 rings (SSSR count). The number of para-hydroxylation sites is 1. The van der Waals surface area contributed by atoms with E-state index in [0.29, 0.717) is 11.7 Å². The normalized spacial score (nSPS) is 14.1. The van der Waals surface area contributed by atoms with Crippen LogP contribution in [0.4, 0.5) is 17.3 Å². The van der Waals surface area contributed by atoms with Gasteiger partial charge in [-0.15, -0.1) is 0 Å². The summed E-state index contributed by atoms with van der Waals surface area (Å²) in [5.41, 5.74) is 7.15. The number of anilines is 3. The first-order valence-electron chi connectivity index (χ1n) is 7.75. The Bertz CT molecular complexity index is 593. The van der Waals surface area contributed by atoms with E-state index in [0.717, 1.165) is 36.7 Å². The zero-order chi connectivity index (χ0) is 14.7. The average Bonchev–Trinajstić information content (AvgIpc) is 3.33. The summed E-state index contributed by atoms with van der Waals surface area (Å²) < 4.78 is 0. The van der Waals surface area contributed by atoms with Gasteiger partial charge in [0.15, 0.2) is 0 Å². The Labute approximate surface area is 126 Å². The van der Waals surface area contributed by atoms with Crippen LogP contribution in [0.15, 0.2) is 36.4 Å². The van der Waals surface area contributed by atoms with Crippen LogP contribution in [0, 0.1) is 0 Å². The predicted molar refractivity (Wildman–Crippen MR) is 86.8 cm³/mol. The van der Waals surface area contributed by atoms with E-state index in [1.165, 1.54) is 12.8 Å². The van der Waals surface area contributed by atoms with Gasteiger partial charge in [-0.1, -0.05) is 31.5 Å². The Kier molecular flexibility index (Phi) is 4.04. The maximum absolute atomic E-state index is 5.99. The molecule has 0 radical (unpaired) electrons. The van der Waals surface area contributed by atoms with Crippen molar-refractivity contribution in [1.29, 1.82) is 0 Å². The molecular formula is C17H22N4. The van der Waals surface area contributed by atoms with Crippen molar-refractivity contribution < 1.29 is 0 Å². The van der Waals surface area contributed by atoms with Crippen LogP contribution >= 0.6 is 0 Å². The minimum absolute atomic E-state index is 0.510. The third-order valence-corrected chi connectivity index (χ3v) is 3.77. The molecule has 2 N–H and O–H groups in total. The van der Waals surface area contributed by atoms with Crippen molar-refractivity contribution in [2.75, 3.05) is 17.2 Å². The molecule has 110 valence electrons. The smallest absolute Gasteiger partial charge is 0.138 e. The topological polar surface area (TPSA) is 55.0 Å². The summed E-state index contributed by atoms with van der Waals surface area (Å²) in [6.07, 6.45) is 4.64. The molecule has 0 spiro atoms. The molecule has 21 heavy (non-hydrogen) atoms. The standard InChI is InChI=1S/C17H22N4/c1-2-3-11-21(14-7-5-4-6-8-14)16-12-15(18)19-17(20-16)13-9-10-13/h4-8,12-13H,2-3,9-11H2,1H3,(H2,18,19,20). The number of aromatic nitrogens is 2. The van der Waals surface area contributed by atoms with Gasteiger partial charge in [-0.05, 0) is 31.4 Å². The van der Waals surface area contributed by atoms with E-state index in [9.17, 15) is 0 Å². The molecule has 1 fully saturated rings. The van der Waals surface area contributed by atoms with E-state index in [1.807, 2.05) is 12.1 Å². The highest BCUT2D eigenvalue weighted by atomic mass is 15.2. The number of hydrogen-bond donors (Lipinski definition) is 1. The highest BCUT2D eigenvalue weighted by Gasteiger charge is 2.27. The lowest BCUT2D eigenvalue weighted by atomic mass is 10.2. The largest absolute Gasteiger partial charge is 0.384 e. The molecule has 0 atom stereocenters. The number of rotatable bonds is 6. The van der Waals surface area contributed by atoms with E-state index >= 15 is 0 Å². The van der Waals surface area contributed by atoms with E-state index in [4.69, 9.17) is 10.7 Å². The fraction of sp³-hybridized carbons (Fsp3) is 0.412. The minimum atomic E-state index is 0.510. The lowest BCUT2D eigenvalue weighted by molar-refractivity contribution is 0.774. The third kappa shape index (κ3) is 3.32. The SMILES string of the molecule is CCCCN(c1ccccc1)c1cc(N)nc(C2CC2)n1. The highest BCUT2D eigenvalue weighted by molar-refractivity contribution is 5.62. The van der Waals surface area contributed by atoms with Crippen molar-refractivity contribution in [3.8, 4) is 0 Å². The van der Waals surface area contributed by atoms with Gasteiger partial charge in [0.25, 0.3) is 0 Å². The molecule has 4 heteroatoms. The van der Waals surface area contributed by atoms with Gasteiger partial charge in [0, 0.05) is 24.2 Å². The first kappa shape index (κ1) is 13.9. The van der Waals surface area contributed by atoms with E-state index < -0.39 is 0 Å². The molecule has 1 aliphatic rings. The Balaban J connectivity index is 1.95. The number of benzene rings is 1. The second-order valence-corrected chi connectivity index (χ2v) is 5.62. The molecule has 0 aliphatic heterocycles. The number of nitrogen functional groups attached to an aromatic ring is 1. The summed E-state index contributed by atoms with van der Waals surface area (Å²) in [6.45, 7) is 3.15. The van der Waals surface area contributed by atoms with Gasteiger partial charge in [0.1, 0.15) is 17.5 Å². The van der Waals surface area contributed by atoms with Crippen LogP contribution < -0.4 is 10.6 Å². The Morgan fingerprint density at radius 3 is 2.62 bits per heavy atom. The predicted octanol–water partition coefficient (Wildman–Crippen LogP) is 3.87. The number of nitrogens with two attached hydrogens (primary N) is 1. The monoisotopic (exact) mass is 282 g/mol. The molecule has 1 aromatic carbocycles. The van der Waals surface area contributed by atoms with Gasteiger partial charge >= 0.3 is 0 Å². The zero-order valence-electron chi connectivity index (χ0n) is 12.5. The number of nitrogens with zero attached hydrogens (tertiary/aromatic N) is 3.